The van der Waals surface area contributed by atoms with Gasteiger partial charge in [-0.1, -0.05) is 6.07 Å². The van der Waals surface area contributed by atoms with E-state index in [1.165, 1.54) is 0 Å². The van der Waals surface area contributed by atoms with Crippen LogP contribution in [0.2, 0.25) is 0 Å². The molecule has 98 valence electrons. The average molecular weight is 258 g/mol. The molecule has 1 fully saturated rings. The van der Waals surface area contributed by atoms with E-state index < -0.39 is 5.97 Å². The van der Waals surface area contributed by atoms with Gasteiger partial charge in [0.05, 0.1) is 11.1 Å². The number of fused-ring (bicyclic) bond motifs is 1. The van der Waals surface area contributed by atoms with E-state index >= 15 is 0 Å². The zero-order valence-corrected chi connectivity index (χ0v) is 10.3. The maximum Gasteiger partial charge on any atom is 0.335 e. The van der Waals surface area contributed by atoms with E-state index in [9.17, 15) is 4.79 Å². The van der Waals surface area contributed by atoms with Gasteiger partial charge in [0.1, 0.15) is 0 Å². The zero-order valence-electron chi connectivity index (χ0n) is 10.3. The molecule has 1 saturated heterocycles. The maximum absolute atomic E-state index is 10.9. The monoisotopic (exact) mass is 258 g/mol. The fraction of sp³-hybridized carbons (Fsp3) is 0.308. The van der Waals surface area contributed by atoms with Crippen molar-refractivity contribution in [3.05, 3.63) is 30.0 Å². The Morgan fingerprint density at radius 1 is 1.47 bits per heavy atom. The molecule has 1 atom stereocenters. The summed E-state index contributed by atoms with van der Waals surface area (Å²) in [6.45, 7) is 1.89. The van der Waals surface area contributed by atoms with Crippen LogP contribution in [0.15, 0.2) is 24.4 Å². The summed E-state index contributed by atoms with van der Waals surface area (Å²) in [5.41, 5.74) is 0.878. The Morgan fingerprint density at radius 3 is 3.11 bits per heavy atom. The molecule has 3 rings (SSSR count). The largest absolute Gasteiger partial charge is 0.478 e. The molecular formula is C13H14N4O2. The minimum atomic E-state index is -0.949. The van der Waals surface area contributed by atoms with E-state index in [1.54, 1.807) is 24.4 Å². The predicted octanol–water partition coefficient (Wildman–Crippen LogP) is 1.10. The Morgan fingerprint density at radius 2 is 2.37 bits per heavy atom. The molecule has 0 radical (unpaired) electrons. The van der Waals surface area contributed by atoms with Gasteiger partial charge in [0.2, 0.25) is 5.95 Å². The van der Waals surface area contributed by atoms with Crippen molar-refractivity contribution in [3.8, 4) is 0 Å². The van der Waals surface area contributed by atoms with Crippen LogP contribution in [0.4, 0.5) is 5.95 Å². The molecule has 0 spiro atoms. The van der Waals surface area contributed by atoms with Crippen molar-refractivity contribution in [2.75, 3.05) is 18.4 Å². The maximum atomic E-state index is 10.9. The molecule has 1 aliphatic heterocycles. The Hall–Kier alpha value is -2.21. The van der Waals surface area contributed by atoms with Crippen LogP contribution < -0.4 is 10.6 Å². The lowest BCUT2D eigenvalue weighted by Crippen LogP contribution is -2.23. The lowest BCUT2D eigenvalue weighted by molar-refractivity contribution is 0.0697. The molecule has 19 heavy (non-hydrogen) atoms. The van der Waals surface area contributed by atoms with Gasteiger partial charge in [-0.2, -0.15) is 0 Å². The second-order valence-electron chi connectivity index (χ2n) is 4.61. The van der Waals surface area contributed by atoms with Gasteiger partial charge in [-0.05, 0) is 25.1 Å². The number of hydrogen-bond acceptors (Lipinski definition) is 5. The number of aromatic carboxylic acids is 1. The van der Waals surface area contributed by atoms with E-state index in [0.717, 1.165) is 24.9 Å². The first-order valence-corrected chi connectivity index (χ1v) is 6.20. The van der Waals surface area contributed by atoms with Crippen LogP contribution in [0.1, 0.15) is 16.8 Å². The molecule has 2 heterocycles. The molecule has 1 aromatic heterocycles. The summed E-state index contributed by atoms with van der Waals surface area (Å²) in [6, 6.07) is 5.18. The summed E-state index contributed by atoms with van der Waals surface area (Å²) in [5, 5.41) is 16.3. The number of nitrogens with one attached hydrogen (secondary N) is 2. The second kappa shape index (κ2) is 4.81. The zero-order chi connectivity index (χ0) is 13.2. The highest BCUT2D eigenvalue weighted by Crippen LogP contribution is 2.16. The van der Waals surface area contributed by atoms with Crippen LogP contribution in [-0.2, 0) is 0 Å². The quantitative estimate of drug-likeness (QED) is 0.764. The van der Waals surface area contributed by atoms with E-state index in [-0.39, 0.29) is 5.56 Å². The molecule has 2 aromatic rings. The molecule has 0 saturated carbocycles. The fourth-order valence-corrected chi connectivity index (χ4v) is 2.19. The summed E-state index contributed by atoms with van der Waals surface area (Å²) < 4.78 is 0. The van der Waals surface area contributed by atoms with Crippen molar-refractivity contribution in [1.82, 2.24) is 15.3 Å². The first-order valence-electron chi connectivity index (χ1n) is 6.20. The molecule has 3 N–H and O–H groups in total. The molecule has 0 aliphatic carbocycles. The van der Waals surface area contributed by atoms with Crippen LogP contribution in [0, 0.1) is 0 Å². The third-order valence-corrected chi connectivity index (χ3v) is 3.22. The third-order valence-electron chi connectivity index (χ3n) is 3.22. The number of anilines is 1. The minimum Gasteiger partial charge on any atom is -0.478 e. The normalized spacial score (nSPS) is 18.6. The van der Waals surface area contributed by atoms with Crippen LogP contribution in [0.3, 0.4) is 0 Å². The number of nitrogens with zero attached hydrogens (tertiary/aromatic N) is 2. The lowest BCUT2D eigenvalue weighted by Gasteiger charge is -2.11. The second-order valence-corrected chi connectivity index (χ2v) is 4.61. The highest BCUT2D eigenvalue weighted by atomic mass is 16.4. The summed E-state index contributed by atoms with van der Waals surface area (Å²) in [4.78, 5) is 19.6. The van der Waals surface area contributed by atoms with Crippen LogP contribution in [0.5, 0.6) is 0 Å². The minimum absolute atomic E-state index is 0.236. The molecule has 0 bridgehead atoms. The van der Waals surface area contributed by atoms with Crippen molar-refractivity contribution >= 4 is 22.8 Å². The van der Waals surface area contributed by atoms with Crippen molar-refractivity contribution in [1.29, 1.82) is 0 Å². The highest BCUT2D eigenvalue weighted by molar-refractivity contribution is 5.93. The Labute approximate surface area is 109 Å². The van der Waals surface area contributed by atoms with Crippen LogP contribution in [-0.4, -0.2) is 40.2 Å². The summed E-state index contributed by atoms with van der Waals surface area (Å²) in [5.74, 6) is -0.404. The Kier molecular flexibility index (Phi) is 3.00. The highest BCUT2D eigenvalue weighted by Gasteiger charge is 2.15. The van der Waals surface area contributed by atoms with Gasteiger partial charge in [0, 0.05) is 24.2 Å². The molecular weight excluding hydrogens is 244 g/mol. The van der Waals surface area contributed by atoms with E-state index in [4.69, 9.17) is 5.11 Å². The molecule has 6 nitrogen and oxygen atoms in total. The van der Waals surface area contributed by atoms with Gasteiger partial charge < -0.3 is 15.7 Å². The van der Waals surface area contributed by atoms with Gasteiger partial charge in [-0.3, -0.25) is 0 Å². The number of carboxylic acids is 1. The SMILES string of the molecule is O=C(O)c1ccc2cnc(N[C@@H]3CCNC3)nc2c1. The number of carbonyl (C=O) groups is 1. The van der Waals surface area contributed by atoms with Gasteiger partial charge >= 0.3 is 5.97 Å². The van der Waals surface area contributed by atoms with E-state index in [1.807, 2.05) is 0 Å². The standard InChI is InChI=1S/C13H14N4O2/c18-12(19)8-1-2-9-6-15-13(17-11(9)5-8)16-10-3-4-14-7-10/h1-2,5-6,10,14H,3-4,7H2,(H,18,19)(H,15,16,17)/t10-/m1/s1. The van der Waals surface area contributed by atoms with Crippen molar-refractivity contribution in [2.45, 2.75) is 12.5 Å². The Balaban J connectivity index is 1.91. The molecule has 0 unspecified atom stereocenters. The van der Waals surface area contributed by atoms with Crippen LogP contribution in [0.25, 0.3) is 10.9 Å². The van der Waals surface area contributed by atoms with Gasteiger partial charge in [-0.25, -0.2) is 14.8 Å². The number of benzene rings is 1. The first kappa shape index (κ1) is 11.9. The fourth-order valence-electron chi connectivity index (χ4n) is 2.19. The average Bonchev–Trinajstić information content (AvgIpc) is 2.90. The third kappa shape index (κ3) is 2.48. The van der Waals surface area contributed by atoms with E-state index in [2.05, 4.69) is 20.6 Å². The van der Waals surface area contributed by atoms with Gasteiger partial charge in [-0.15, -0.1) is 0 Å². The predicted molar refractivity (Wildman–Crippen MR) is 71.4 cm³/mol. The van der Waals surface area contributed by atoms with Gasteiger partial charge in [0.15, 0.2) is 0 Å². The topological polar surface area (TPSA) is 87.1 Å². The summed E-state index contributed by atoms with van der Waals surface area (Å²) in [6.07, 6.45) is 2.75. The smallest absolute Gasteiger partial charge is 0.335 e. The molecule has 1 aromatic carbocycles. The van der Waals surface area contributed by atoms with E-state index in [0.29, 0.717) is 17.5 Å². The number of carboxylic acid groups (broad SMARTS) is 1. The Bertz CT molecular complexity index is 623. The van der Waals surface area contributed by atoms with Crippen molar-refractivity contribution in [3.63, 3.8) is 0 Å². The van der Waals surface area contributed by atoms with Crippen molar-refractivity contribution < 1.29 is 9.90 Å². The van der Waals surface area contributed by atoms with Crippen molar-refractivity contribution in [2.24, 2.45) is 0 Å². The molecule has 1 aliphatic rings. The summed E-state index contributed by atoms with van der Waals surface area (Å²) in [7, 11) is 0. The number of rotatable bonds is 3. The molecule has 0 amide bonds. The van der Waals surface area contributed by atoms with Crippen LogP contribution >= 0.6 is 0 Å². The number of aromatic nitrogens is 2. The molecule has 6 heteroatoms. The lowest BCUT2D eigenvalue weighted by atomic mass is 10.1. The van der Waals surface area contributed by atoms with Gasteiger partial charge in [0.25, 0.3) is 0 Å². The summed E-state index contributed by atoms with van der Waals surface area (Å²) >= 11 is 0. The first-order chi connectivity index (χ1) is 9.22. The number of hydrogen-bond donors (Lipinski definition) is 3.